The summed E-state index contributed by atoms with van der Waals surface area (Å²) in [6, 6.07) is 4.86. The van der Waals surface area contributed by atoms with Gasteiger partial charge in [0.25, 0.3) is 0 Å². The Bertz CT molecular complexity index is 496. The Morgan fingerprint density at radius 1 is 1.38 bits per heavy atom. The average Bonchev–Trinajstić information content (AvgIpc) is 2.71. The summed E-state index contributed by atoms with van der Waals surface area (Å²) < 4.78 is 0. The zero-order valence-electron chi connectivity index (χ0n) is 8.77. The Morgan fingerprint density at radius 3 is 2.94 bits per heavy atom. The number of thiazole rings is 1. The molecule has 0 aliphatic heterocycles. The fraction of sp³-hybridized carbons (Fsp3) is 0.182. The average molecular weight is 236 g/mol. The molecule has 2 rings (SSSR count). The second-order valence-electron chi connectivity index (χ2n) is 3.33. The van der Waals surface area contributed by atoms with E-state index < -0.39 is 0 Å². The molecule has 84 valence electrons. The fourth-order valence-corrected chi connectivity index (χ4v) is 2.21. The van der Waals surface area contributed by atoms with Crippen LogP contribution < -0.4 is 5.32 Å². The first kappa shape index (κ1) is 10.9. The summed E-state index contributed by atoms with van der Waals surface area (Å²) in [6.07, 6.45) is 0. The Hall–Kier alpha value is -1.59. The predicted molar refractivity (Wildman–Crippen MR) is 63.6 cm³/mol. The molecular formula is C11H12N2O2S. The number of rotatable bonds is 3. The third-order valence-corrected chi connectivity index (χ3v) is 3.02. The lowest BCUT2D eigenvalue weighted by atomic mass is 10.1. The minimum atomic E-state index is -0.124. The largest absolute Gasteiger partial charge is 0.504 e. The molecule has 0 fully saturated rings. The molecule has 2 aromatic rings. The molecule has 0 atom stereocenters. The quantitative estimate of drug-likeness (QED) is 0.713. The summed E-state index contributed by atoms with van der Waals surface area (Å²) in [5.41, 5.74) is 1.24. The molecule has 0 radical (unpaired) electrons. The highest BCUT2D eigenvalue weighted by Gasteiger charge is 2.11. The van der Waals surface area contributed by atoms with Crippen LogP contribution in [0.15, 0.2) is 23.6 Å². The van der Waals surface area contributed by atoms with Gasteiger partial charge in [0.1, 0.15) is 5.01 Å². The molecule has 0 aliphatic rings. The van der Waals surface area contributed by atoms with Crippen LogP contribution in [-0.4, -0.2) is 22.2 Å². The molecule has 1 aromatic carbocycles. The van der Waals surface area contributed by atoms with Crippen LogP contribution in [0.1, 0.15) is 5.01 Å². The molecule has 0 amide bonds. The second-order valence-corrected chi connectivity index (χ2v) is 4.27. The molecular weight excluding hydrogens is 224 g/mol. The number of hydrogen-bond acceptors (Lipinski definition) is 5. The number of hydrogen-bond donors (Lipinski definition) is 3. The summed E-state index contributed by atoms with van der Waals surface area (Å²) >= 11 is 1.52. The summed E-state index contributed by atoms with van der Waals surface area (Å²) in [6.45, 7) is 0.699. The van der Waals surface area contributed by atoms with Gasteiger partial charge in [-0.15, -0.1) is 11.3 Å². The minimum Gasteiger partial charge on any atom is -0.504 e. The number of benzene rings is 1. The topological polar surface area (TPSA) is 65.4 Å². The highest BCUT2D eigenvalue weighted by Crippen LogP contribution is 2.36. The van der Waals surface area contributed by atoms with Gasteiger partial charge in [0.2, 0.25) is 0 Å². The van der Waals surface area contributed by atoms with Crippen LogP contribution in [0.25, 0.3) is 11.3 Å². The van der Waals surface area contributed by atoms with Gasteiger partial charge in [-0.25, -0.2) is 4.98 Å². The van der Waals surface area contributed by atoms with Crippen molar-refractivity contribution in [3.63, 3.8) is 0 Å². The lowest BCUT2D eigenvalue weighted by Gasteiger charge is -2.02. The van der Waals surface area contributed by atoms with Crippen molar-refractivity contribution in [2.75, 3.05) is 7.05 Å². The first-order valence-corrected chi connectivity index (χ1v) is 5.70. The number of nitrogens with one attached hydrogen (secondary N) is 1. The van der Waals surface area contributed by atoms with Gasteiger partial charge < -0.3 is 15.5 Å². The van der Waals surface area contributed by atoms with Crippen LogP contribution in [0.5, 0.6) is 11.5 Å². The van der Waals surface area contributed by atoms with E-state index in [1.54, 1.807) is 12.1 Å². The van der Waals surface area contributed by atoms with Gasteiger partial charge >= 0.3 is 0 Å². The number of aromatic nitrogens is 1. The van der Waals surface area contributed by atoms with E-state index in [1.165, 1.54) is 17.4 Å². The maximum absolute atomic E-state index is 9.69. The Labute approximate surface area is 97.2 Å². The maximum Gasteiger partial charge on any atom is 0.167 e. The van der Waals surface area contributed by atoms with Gasteiger partial charge in [0, 0.05) is 17.5 Å². The van der Waals surface area contributed by atoms with E-state index in [1.807, 2.05) is 12.4 Å². The monoisotopic (exact) mass is 236 g/mol. The van der Waals surface area contributed by atoms with Crippen LogP contribution in [0.2, 0.25) is 0 Å². The van der Waals surface area contributed by atoms with Gasteiger partial charge in [-0.2, -0.15) is 0 Å². The molecule has 16 heavy (non-hydrogen) atoms. The standard InChI is InChI=1S/C11H12N2O2S/c1-12-5-10-13-8(6-16-10)7-3-2-4-9(14)11(7)15/h2-4,6,12,14-15H,5H2,1H3. The number of para-hydroxylation sites is 1. The lowest BCUT2D eigenvalue weighted by Crippen LogP contribution is -2.04. The zero-order valence-corrected chi connectivity index (χ0v) is 9.58. The van der Waals surface area contributed by atoms with Crippen molar-refractivity contribution in [3.8, 4) is 22.8 Å². The molecule has 1 aromatic heterocycles. The zero-order chi connectivity index (χ0) is 11.5. The van der Waals surface area contributed by atoms with E-state index in [-0.39, 0.29) is 11.5 Å². The van der Waals surface area contributed by atoms with Gasteiger partial charge in [0.05, 0.1) is 5.69 Å². The van der Waals surface area contributed by atoms with Crippen LogP contribution in [0.3, 0.4) is 0 Å². The SMILES string of the molecule is CNCc1nc(-c2cccc(O)c2O)cs1. The van der Waals surface area contributed by atoms with Gasteiger partial charge in [-0.1, -0.05) is 6.07 Å². The van der Waals surface area contributed by atoms with E-state index in [4.69, 9.17) is 0 Å². The third kappa shape index (κ3) is 2.00. The summed E-state index contributed by atoms with van der Waals surface area (Å²) in [4.78, 5) is 4.36. The summed E-state index contributed by atoms with van der Waals surface area (Å²) in [7, 11) is 1.85. The Kier molecular flexibility index (Phi) is 3.07. The molecule has 3 N–H and O–H groups in total. The van der Waals surface area contributed by atoms with Crippen LogP contribution in [0.4, 0.5) is 0 Å². The smallest absolute Gasteiger partial charge is 0.167 e. The van der Waals surface area contributed by atoms with Crippen molar-refractivity contribution in [1.29, 1.82) is 0 Å². The van der Waals surface area contributed by atoms with Gasteiger partial charge in [-0.3, -0.25) is 0 Å². The molecule has 0 saturated carbocycles. The molecule has 0 unspecified atom stereocenters. The number of aromatic hydroxyl groups is 2. The molecule has 1 heterocycles. The van der Waals surface area contributed by atoms with Gasteiger partial charge in [-0.05, 0) is 19.2 Å². The maximum atomic E-state index is 9.69. The van der Waals surface area contributed by atoms with Crippen molar-refractivity contribution in [3.05, 3.63) is 28.6 Å². The number of nitrogens with zero attached hydrogens (tertiary/aromatic N) is 1. The highest BCUT2D eigenvalue weighted by molar-refractivity contribution is 7.09. The first-order chi connectivity index (χ1) is 7.72. The molecule has 0 saturated heterocycles. The predicted octanol–water partition coefficient (Wildman–Crippen LogP) is 1.94. The number of phenols is 2. The summed E-state index contributed by atoms with van der Waals surface area (Å²) in [5.74, 6) is -0.246. The molecule has 0 aliphatic carbocycles. The number of phenolic OH excluding ortho intramolecular Hbond substituents is 2. The lowest BCUT2D eigenvalue weighted by molar-refractivity contribution is 0.405. The van der Waals surface area contributed by atoms with E-state index in [0.717, 1.165) is 5.01 Å². The third-order valence-electron chi connectivity index (χ3n) is 2.17. The van der Waals surface area contributed by atoms with Crippen LogP contribution in [0, 0.1) is 0 Å². The molecule has 0 bridgehead atoms. The van der Waals surface area contributed by atoms with E-state index in [0.29, 0.717) is 17.8 Å². The van der Waals surface area contributed by atoms with E-state index in [9.17, 15) is 10.2 Å². The van der Waals surface area contributed by atoms with E-state index >= 15 is 0 Å². The van der Waals surface area contributed by atoms with Crippen molar-refractivity contribution in [1.82, 2.24) is 10.3 Å². The molecule has 0 spiro atoms. The Balaban J connectivity index is 2.39. The highest BCUT2D eigenvalue weighted by atomic mass is 32.1. The Morgan fingerprint density at radius 2 is 2.19 bits per heavy atom. The minimum absolute atomic E-state index is 0.121. The van der Waals surface area contributed by atoms with Crippen molar-refractivity contribution < 1.29 is 10.2 Å². The molecule has 4 nitrogen and oxygen atoms in total. The summed E-state index contributed by atoms with van der Waals surface area (Å²) in [5, 5.41) is 24.9. The van der Waals surface area contributed by atoms with Crippen LogP contribution >= 0.6 is 11.3 Å². The fourth-order valence-electron chi connectivity index (χ4n) is 1.41. The van der Waals surface area contributed by atoms with Crippen molar-refractivity contribution in [2.24, 2.45) is 0 Å². The normalized spacial score (nSPS) is 10.6. The first-order valence-electron chi connectivity index (χ1n) is 4.82. The molecule has 5 heteroatoms. The second kappa shape index (κ2) is 4.51. The van der Waals surface area contributed by atoms with Crippen molar-refractivity contribution >= 4 is 11.3 Å². The van der Waals surface area contributed by atoms with Crippen LogP contribution in [-0.2, 0) is 6.54 Å². The van der Waals surface area contributed by atoms with Crippen molar-refractivity contribution in [2.45, 2.75) is 6.54 Å². The van der Waals surface area contributed by atoms with E-state index in [2.05, 4.69) is 10.3 Å². The van der Waals surface area contributed by atoms with Gasteiger partial charge in [0.15, 0.2) is 11.5 Å².